The maximum Gasteiger partial charge on any atom is 0.105 e. The van der Waals surface area contributed by atoms with Gasteiger partial charge in [-0.1, -0.05) is 108 Å². The molecule has 0 unspecified atom stereocenters. The highest BCUT2D eigenvalue weighted by Crippen LogP contribution is 2.17. The van der Waals surface area contributed by atoms with Crippen LogP contribution in [0.4, 0.5) is 0 Å². The second kappa shape index (κ2) is 15.5. The lowest BCUT2D eigenvalue weighted by Crippen LogP contribution is -2.40. The van der Waals surface area contributed by atoms with Crippen molar-refractivity contribution in [1.82, 2.24) is 0 Å². The molecule has 1 aromatic carbocycles. The number of quaternary nitrogens is 1. The molecule has 0 aliphatic heterocycles. The Kier molecular flexibility index (Phi) is 13.7. The molecule has 0 aliphatic carbocycles. The molecular formula is C26H45NO2. The van der Waals surface area contributed by atoms with Crippen molar-refractivity contribution < 1.29 is 14.4 Å². The molecule has 0 radical (unpaired) electrons. The van der Waals surface area contributed by atoms with E-state index in [1.165, 1.54) is 89.9 Å². The van der Waals surface area contributed by atoms with Gasteiger partial charge in [0.1, 0.15) is 6.54 Å². The van der Waals surface area contributed by atoms with Crippen molar-refractivity contribution in [2.24, 2.45) is 0 Å². The number of rotatable bonds is 18. The zero-order valence-electron chi connectivity index (χ0n) is 19.4. The maximum atomic E-state index is 11.3. The lowest BCUT2D eigenvalue weighted by Gasteiger charge is -2.31. The number of carboxylic acid groups (broad SMARTS) is 1. The van der Waals surface area contributed by atoms with Gasteiger partial charge >= 0.3 is 0 Å². The van der Waals surface area contributed by atoms with Crippen molar-refractivity contribution in [1.29, 1.82) is 0 Å². The van der Waals surface area contributed by atoms with E-state index >= 15 is 0 Å². The van der Waals surface area contributed by atoms with E-state index in [4.69, 9.17) is 0 Å². The number of carbonyl (C=O) groups is 1. The fourth-order valence-electron chi connectivity index (χ4n) is 4.13. The van der Waals surface area contributed by atoms with Gasteiger partial charge in [-0.15, -0.1) is 0 Å². The zero-order valence-corrected chi connectivity index (χ0v) is 19.4. The number of carboxylic acids is 1. The van der Waals surface area contributed by atoms with Gasteiger partial charge in [0.2, 0.25) is 0 Å². The largest absolute Gasteiger partial charge is 0.545 e. The molecule has 3 heteroatoms. The normalized spacial score (nSPS) is 11.7. The minimum Gasteiger partial charge on any atom is -0.545 e. The molecule has 0 amide bonds. The van der Waals surface area contributed by atoms with Gasteiger partial charge in [0.25, 0.3) is 0 Å². The van der Waals surface area contributed by atoms with Crippen LogP contribution in [-0.2, 0) is 6.54 Å². The predicted molar refractivity (Wildman–Crippen MR) is 122 cm³/mol. The Hall–Kier alpha value is -1.35. The van der Waals surface area contributed by atoms with Crippen molar-refractivity contribution in [3.8, 4) is 0 Å². The van der Waals surface area contributed by atoms with Gasteiger partial charge in [-0.2, -0.15) is 0 Å². The van der Waals surface area contributed by atoms with Gasteiger partial charge in [-0.3, -0.25) is 0 Å². The van der Waals surface area contributed by atoms with E-state index in [0.717, 1.165) is 23.1 Å². The minimum absolute atomic E-state index is 0.333. The van der Waals surface area contributed by atoms with Crippen LogP contribution in [0.15, 0.2) is 24.3 Å². The van der Waals surface area contributed by atoms with Gasteiger partial charge < -0.3 is 14.4 Å². The maximum absolute atomic E-state index is 11.3. The van der Waals surface area contributed by atoms with E-state index in [1.54, 1.807) is 12.1 Å². The predicted octanol–water partition coefficient (Wildman–Crippen LogP) is 6.11. The van der Waals surface area contributed by atoms with E-state index < -0.39 is 5.97 Å². The van der Waals surface area contributed by atoms with Gasteiger partial charge in [-0.25, -0.2) is 0 Å². The molecular weight excluding hydrogens is 358 g/mol. The van der Waals surface area contributed by atoms with Crippen LogP contribution in [0.5, 0.6) is 0 Å². The zero-order chi connectivity index (χ0) is 21.4. The lowest BCUT2D eigenvalue weighted by molar-refractivity contribution is -0.903. The van der Waals surface area contributed by atoms with Crippen LogP contribution in [0.2, 0.25) is 0 Å². The number of hydrogen-bond donors (Lipinski definition) is 0. The summed E-state index contributed by atoms with van der Waals surface area (Å²) in [7, 11) is 4.38. The molecule has 0 N–H and O–H groups in total. The van der Waals surface area contributed by atoms with Crippen LogP contribution in [0, 0.1) is 0 Å². The molecule has 0 atom stereocenters. The van der Waals surface area contributed by atoms with Crippen molar-refractivity contribution in [2.45, 2.75) is 103 Å². The lowest BCUT2D eigenvalue weighted by atomic mass is 10.0. The van der Waals surface area contributed by atoms with E-state index in [-0.39, 0.29) is 0 Å². The number of benzene rings is 1. The van der Waals surface area contributed by atoms with Crippen LogP contribution in [-0.4, -0.2) is 31.1 Å². The summed E-state index contributed by atoms with van der Waals surface area (Å²) in [5.74, 6) is -1.07. The average molecular weight is 404 g/mol. The van der Waals surface area contributed by atoms with Crippen molar-refractivity contribution in [2.75, 3.05) is 20.6 Å². The number of hydrogen-bond acceptors (Lipinski definition) is 2. The van der Waals surface area contributed by atoms with Crippen molar-refractivity contribution in [3.63, 3.8) is 0 Å². The molecule has 29 heavy (non-hydrogen) atoms. The van der Waals surface area contributed by atoms with Crippen LogP contribution in [0.3, 0.4) is 0 Å². The molecule has 0 saturated carbocycles. The topological polar surface area (TPSA) is 40.1 Å². The van der Waals surface area contributed by atoms with Crippen LogP contribution in [0.25, 0.3) is 0 Å². The Morgan fingerprint density at radius 3 is 1.69 bits per heavy atom. The smallest absolute Gasteiger partial charge is 0.105 e. The first-order valence-corrected chi connectivity index (χ1v) is 12.1. The molecule has 0 aromatic heterocycles. The summed E-state index contributed by atoms with van der Waals surface area (Å²) in [4.78, 5) is 11.3. The summed E-state index contributed by atoms with van der Waals surface area (Å²) in [6, 6.07) is 7.24. The van der Waals surface area contributed by atoms with E-state index in [1.807, 2.05) is 12.1 Å². The molecule has 3 nitrogen and oxygen atoms in total. The van der Waals surface area contributed by atoms with E-state index in [0.29, 0.717) is 5.56 Å². The number of nitrogens with zero attached hydrogens (tertiary/aromatic N) is 1. The first-order valence-electron chi connectivity index (χ1n) is 12.1. The highest BCUT2D eigenvalue weighted by molar-refractivity contribution is 5.87. The molecule has 1 aromatic rings. The fourth-order valence-corrected chi connectivity index (χ4v) is 4.13. The van der Waals surface area contributed by atoms with Crippen LogP contribution in [0.1, 0.15) is 113 Å². The molecule has 166 valence electrons. The highest BCUT2D eigenvalue weighted by atomic mass is 16.4. The Morgan fingerprint density at radius 1 is 0.759 bits per heavy atom. The SMILES string of the molecule is CCCCCCCCCCCCCCCC[N+](C)(C)Cc1ccccc1C(=O)[O-]. The van der Waals surface area contributed by atoms with Crippen LogP contribution < -0.4 is 5.11 Å². The number of carbonyl (C=O) groups excluding carboxylic acids is 1. The quantitative estimate of drug-likeness (QED) is 0.219. The second-order valence-electron chi connectivity index (χ2n) is 9.36. The standard InChI is InChI=1S/C26H45NO2/c1-4-5-6-7-8-9-10-11-12-13-14-15-16-19-22-27(2,3)23-24-20-17-18-21-25(24)26(28)29/h17-18,20-21H,4-16,19,22-23H2,1-3H3. The third-order valence-corrected chi connectivity index (χ3v) is 5.95. The number of aromatic carboxylic acids is 1. The highest BCUT2D eigenvalue weighted by Gasteiger charge is 2.17. The summed E-state index contributed by atoms with van der Waals surface area (Å²) in [6.07, 6.45) is 19.2. The van der Waals surface area contributed by atoms with Gasteiger partial charge in [0.05, 0.1) is 26.6 Å². The van der Waals surface area contributed by atoms with E-state index in [2.05, 4.69) is 21.0 Å². The van der Waals surface area contributed by atoms with Crippen molar-refractivity contribution >= 4 is 5.97 Å². The molecule has 0 saturated heterocycles. The average Bonchev–Trinajstić information content (AvgIpc) is 2.68. The first kappa shape index (κ1) is 25.7. The third kappa shape index (κ3) is 12.7. The third-order valence-electron chi connectivity index (χ3n) is 5.95. The fraction of sp³-hybridized carbons (Fsp3) is 0.731. The Labute approximate surface area is 180 Å². The monoisotopic (exact) mass is 403 g/mol. The van der Waals surface area contributed by atoms with Gasteiger partial charge in [-0.05, 0) is 12.8 Å². The summed E-state index contributed by atoms with van der Waals surface area (Å²) in [5.41, 5.74) is 1.21. The van der Waals surface area contributed by atoms with Crippen LogP contribution >= 0.6 is 0 Å². The summed E-state index contributed by atoms with van der Waals surface area (Å²) < 4.78 is 0.822. The summed E-state index contributed by atoms with van der Waals surface area (Å²) >= 11 is 0. The summed E-state index contributed by atoms with van der Waals surface area (Å²) in [6.45, 7) is 4.10. The minimum atomic E-state index is -1.07. The molecule has 0 heterocycles. The Balaban J connectivity index is 2.03. The Morgan fingerprint density at radius 2 is 1.21 bits per heavy atom. The molecule has 0 spiro atoms. The van der Waals surface area contributed by atoms with Crippen molar-refractivity contribution in [3.05, 3.63) is 35.4 Å². The molecule has 0 bridgehead atoms. The van der Waals surface area contributed by atoms with Gasteiger partial charge in [0.15, 0.2) is 0 Å². The Bertz CT molecular complexity index is 553. The number of unbranched alkanes of at least 4 members (excludes halogenated alkanes) is 13. The second-order valence-corrected chi connectivity index (χ2v) is 9.36. The first-order chi connectivity index (χ1) is 14.0. The van der Waals surface area contributed by atoms with Gasteiger partial charge in [0, 0.05) is 11.1 Å². The molecule has 1 rings (SSSR count). The van der Waals surface area contributed by atoms with E-state index in [9.17, 15) is 9.90 Å². The molecule has 0 fully saturated rings. The molecule has 0 aliphatic rings. The summed E-state index contributed by atoms with van der Waals surface area (Å²) in [5, 5.41) is 11.3.